The number of benzene rings is 2. The molecule has 0 aliphatic carbocycles. The number of nitrogens with zero attached hydrogens (tertiary/aromatic N) is 1. The van der Waals surface area contributed by atoms with Crippen LogP contribution in [-0.4, -0.2) is 17.1 Å². The average molecular weight is 270 g/mol. The minimum atomic E-state index is -0.840. The van der Waals surface area contributed by atoms with Crippen molar-refractivity contribution >= 4 is 23.0 Å². The summed E-state index contributed by atoms with van der Waals surface area (Å²) in [5.74, 6) is -0.840. The van der Waals surface area contributed by atoms with Crippen LogP contribution in [0.4, 0.5) is 17.1 Å². The molecule has 1 atom stereocenters. The van der Waals surface area contributed by atoms with E-state index in [2.05, 4.69) is 0 Å². The number of rotatable bonds is 5. The molecule has 2 aromatic carbocycles. The van der Waals surface area contributed by atoms with Gasteiger partial charge in [-0.05, 0) is 42.8 Å². The quantitative estimate of drug-likeness (QED) is 0.818. The van der Waals surface area contributed by atoms with Gasteiger partial charge in [-0.2, -0.15) is 0 Å². The van der Waals surface area contributed by atoms with Crippen LogP contribution in [0, 0.1) is 0 Å². The predicted octanol–water partition coefficient (Wildman–Crippen LogP) is 3.27. The van der Waals surface area contributed by atoms with Gasteiger partial charge in [-0.3, -0.25) is 0 Å². The van der Waals surface area contributed by atoms with Gasteiger partial charge in [0.1, 0.15) is 6.04 Å². The molecule has 0 saturated carbocycles. The van der Waals surface area contributed by atoms with Gasteiger partial charge in [0.25, 0.3) is 0 Å². The molecule has 4 heteroatoms. The van der Waals surface area contributed by atoms with E-state index in [1.807, 2.05) is 54.3 Å². The van der Waals surface area contributed by atoms with Crippen molar-refractivity contribution in [3.8, 4) is 0 Å². The van der Waals surface area contributed by atoms with Crippen molar-refractivity contribution in [1.29, 1.82) is 0 Å². The van der Waals surface area contributed by atoms with E-state index in [1.54, 1.807) is 12.1 Å². The summed E-state index contributed by atoms with van der Waals surface area (Å²) in [6.45, 7) is 1.87. The van der Waals surface area contributed by atoms with E-state index in [-0.39, 0.29) is 0 Å². The molecule has 2 aromatic rings. The molecule has 0 heterocycles. The number of carboxylic acids is 1. The Morgan fingerprint density at radius 2 is 1.65 bits per heavy atom. The number of nitrogens with two attached hydrogens (primary N) is 1. The summed E-state index contributed by atoms with van der Waals surface area (Å²) in [5.41, 5.74) is 8.03. The fraction of sp³-hybridized carbons (Fsp3) is 0.188. The van der Waals surface area contributed by atoms with Crippen LogP contribution in [0.3, 0.4) is 0 Å². The fourth-order valence-electron chi connectivity index (χ4n) is 2.20. The van der Waals surface area contributed by atoms with Crippen molar-refractivity contribution in [3.05, 3.63) is 54.6 Å². The third-order valence-corrected chi connectivity index (χ3v) is 3.19. The lowest BCUT2D eigenvalue weighted by atomic mass is 10.1. The largest absolute Gasteiger partial charge is 0.480 e. The van der Waals surface area contributed by atoms with Crippen molar-refractivity contribution in [2.24, 2.45) is 0 Å². The summed E-state index contributed by atoms with van der Waals surface area (Å²) >= 11 is 0. The lowest BCUT2D eigenvalue weighted by Gasteiger charge is -2.30. The summed E-state index contributed by atoms with van der Waals surface area (Å²) in [6, 6.07) is 16.1. The Hall–Kier alpha value is -2.49. The summed E-state index contributed by atoms with van der Waals surface area (Å²) in [6.07, 6.45) is 0.509. The molecule has 104 valence electrons. The Morgan fingerprint density at radius 1 is 1.10 bits per heavy atom. The molecule has 0 fully saturated rings. The molecule has 0 aromatic heterocycles. The summed E-state index contributed by atoms with van der Waals surface area (Å²) in [5, 5.41) is 9.45. The molecule has 20 heavy (non-hydrogen) atoms. The Labute approximate surface area is 118 Å². The Bertz CT molecular complexity index is 567. The van der Waals surface area contributed by atoms with E-state index >= 15 is 0 Å². The van der Waals surface area contributed by atoms with E-state index < -0.39 is 12.0 Å². The molecule has 0 saturated heterocycles. The molecule has 4 nitrogen and oxygen atoms in total. The van der Waals surface area contributed by atoms with Gasteiger partial charge in [0.05, 0.1) is 0 Å². The van der Waals surface area contributed by atoms with Gasteiger partial charge in [-0.25, -0.2) is 4.79 Å². The maximum Gasteiger partial charge on any atom is 0.326 e. The van der Waals surface area contributed by atoms with E-state index in [0.717, 1.165) is 11.4 Å². The smallest absolute Gasteiger partial charge is 0.326 e. The van der Waals surface area contributed by atoms with Gasteiger partial charge in [0.15, 0.2) is 0 Å². The predicted molar refractivity (Wildman–Crippen MR) is 81.2 cm³/mol. The van der Waals surface area contributed by atoms with Crippen molar-refractivity contribution in [2.75, 3.05) is 10.6 Å². The van der Waals surface area contributed by atoms with E-state index in [1.165, 1.54) is 0 Å². The first-order valence-electron chi connectivity index (χ1n) is 6.56. The lowest BCUT2D eigenvalue weighted by molar-refractivity contribution is -0.138. The molecule has 3 N–H and O–H groups in total. The fourth-order valence-corrected chi connectivity index (χ4v) is 2.20. The number of anilines is 3. The van der Waals surface area contributed by atoms with Crippen LogP contribution in [0.5, 0.6) is 0 Å². The second kappa shape index (κ2) is 6.10. The van der Waals surface area contributed by atoms with Crippen molar-refractivity contribution < 1.29 is 9.90 Å². The topological polar surface area (TPSA) is 66.6 Å². The first-order valence-corrected chi connectivity index (χ1v) is 6.56. The molecule has 0 amide bonds. The van der Waals surface area contributed by atoms with Gasteiger partial charge in [0.2, 0.25) is 0 Å². The second-order valence-electron chi connectivity index (χ2n) is 4.56. The minimum absolute atomic E-state index is 0.509. The highest BCUT2D eigenvalue weighted by Crippen LogP contribution is 2.29. The molecule has 0 radical (unpaired) electrons. The number of carbonyl (C=O) groups is 1. The highest BCUT2D eigenvalue weighted by molar-refractivity contribution is 5.82. The zero-order chi connectivity index (χ0) is 14.5. The van der Waals surface area contributed by atoms with Crippen molar-refractivity contribution in [1.82, 2.24) is 0 Å². The SMILES string of the molecule is CCC(C(=O)O)N(c1ccccc1)c1ccc(N)cc1. The van der Waals surface area contributed by atoms with Crippen LogP contribution < -0.4 is 10.6 Å². The van der Waals surface area contributed by atoms with E-state index in [0.29, 0.717) is 12.1 Å². The maximum absolute atomic E-state index is 11.5. The minimum Gasteiger partial charge on any atom is -0.480 e. The number of carboxylic acid groups (broad SMARTS) is 1. The zero-order valence-corrected chi connectivity index (χ0v) is 11.4. The molecule has 0 aliphatic rings. The molecular weight excluding hydrogens is 252 g/mol. The van der Waals surface area contributed by atoms with Gasteiger partial charge >= 0.3 is 5.97 Å². The maximum atomic E-state index is 11.5. The second-order valence-corrected chi connectivity index (χ2v) is 4.56. The number of hydrogen-bond donors (Lipinski definition) is 2. The van der Waals surface area contributed by atoms with Crippen LogP contribution >= 0.6 is 0 Å². The first-order chi connectivity index (χ1) is 9.63. The third kappa shape index (κ3) is 2.91. The van der Waals surface area contributed by atoms with Crippen LogP contribution in [-0.2, 0) is 4.79 Å². The molecule has 1 unspecified atom stereocenters. The summed E-state index contributed by atoms with van der Waals surface area (Å²) < 4.78 is 0. The lowest BCUT2D eigenvalue weighted by Crippen LogP contribution is -2.37. The van der Waals surface area contributed by atoms with Gasteiger partial charge in [-0.15, -0.1) is 0 Å². The van der Waals surface area contributed by atoms with Crippen molar-refractivity contribution in [3.63, 3.8) is 0 Å². The third-order valence-electron chi connectivity index (χ3n) is 3.19. The normalized spacial score (nSPS) is 11.8. The number of para-hydroxylation sites is 1. The monoisotopic (exact) mass is 270 g/mol. The van der Waals surface area contributed by atoms with Gasteiger partial charge in [-0.1, -0.05) is 25.1 Å². The van der Waals surface area contributed by atoms with Gasteiger partial charge < -0.3 is 15.7 Å². The van der Waals surface area contributed by atoms with E-state index in [9.17, 15) is 9.90 Å². The highest BCUT2D eigenvalue weighted by Gasteiger charge is 2.25. The number of hydrogen-bond acceptors (Lipinski definition) is 3. The highest BCUT2D eigenvalue weighted by atomic mass is 16.4. The average Bonchev–Trinajstić information content (AvgIpc) is 2.46. The van der Waals surface area contributed by atoms with Gasteiger partial charge in [0, 0.05) is 17.1 Å². The summed E-state index contributed by atoms with van der Waals surface area (Å²) in [4.78, 5) is 13.3. The van der Waals surface area contributed by atoms with Crippen LogP contribution in [0.2, 0.25) is 0 Å². The molecule has 0 bridgehead atoms. The molecular formula is C16H18N2O2. The summed E-state index contributed by atoms with van der Waals surface area (Å²) in [7, 11) is 0. The standard InChI is InChI=1S/C16H18N2O2/c1-2-15(16(19)20)18(13-6-4-3-5-7-13)14-10-8-12(17)9-11-14/h3-11,15H,2,17H2,1H3,(H,19,20). The zero-order valence-electron chi connectivity index (χ0n) is 11.4. The first kappa shape index (κ1) is 13.9. The molecule has 0 spiro atoms. The van der Waals surface area contributed by atoms with Crippen LogP contribution in [0.25, 0.3) is 0 Å². The Kier molecular flexibility index (Phi) is 4.25. The van der Waals surface area contributed by atoms with Crippen LogP contribution in [0.15, 0.2) is 54.6 Å². The molecule has 2 rings (SSSR count). The molecule has 0 aliphatic heterocycles. The Balaban J connectivity index is 2.49. The van der Waals surface area contributed by atoms with Crippen LogP contribution in [0.1, 0.15) is 13.3 Å². The van der Waals surface area contributed by atoms with Crippen molar-refractivity contribution in [2.45, 2.75) is 19.4 Å². The van der Waals surface area contributed by atoms with E-state index in [4.69, 9.17) is 5.73 Å². The number of nitrogen functional groups attached to an aromatic ring is 1. The Morgan fingerprint density at radius 3 is 2.15 bits per heavy atom. The number of aliphatic carboxylic acids is 1.